The number of carbonyl (C=O) groups excluding carboxylic acids is 3. The van der Waals surface area contributed by atoms with E-state index < -0.39 is 24.0 Å². The molecule has 0 bridgehead atoms. The highest BCUT2D eigenvalue weighted by atomic mass is 35.5. The van der Waals surface area contributed by atoms with Crippen molar-refractivity contribution in [2.24, 2.45) is 7.05 Å². The summed E-state index contributed by atoms with van der Waals surface area (Å²) >= 11 is 12.5. The maximum Gasteiger partial charge on any atom is 0.343 e. The number of ketones is 1. The Kier molecular flexibility index (Phi) is 6.53. The van der Waals surface area contributed by atoms with Gasteiger partial charge in [0.15, 0.2) is 12.4 Å². The molecule has 0 radical (unpaired) electrons. The fraction of sp³-hybridized carbons (Fsp3) is 0.429. The molecule has 3 rings (SSSR count). The number of hydrogen-bond acceptors (Lipinski definition) is 5. The molecule has 1 amide bonds. The Morgan fingerprint density at radius 1 is 1.27 bits per heavy atom. The Morgan fingerprint density at radius 2 is 1.97 bits per heavy atom. The van der Waals surface area contributed by atoms with Gasteiger partial charge in [0.1, 0.15) is 16.3 Å². The van der Waals surface area contributed by atoms with Crippen LogP contribution in [0.15, 0.2) is 24.3 Å². The molecule has 1 heterocycles. The minimum absolute atomic E-state index is 0.0739. The molecule has 160 valence electrons. The molecule has 0 aliphatic heterocycles. The molecule has 1 atom stereocenters. The third-order valence-corrected chi connectivity index (χ3v) is 6.37. The van der Waals surface area contributed by atoms with E-state index in [9.17, 15) is 14.4 Å². The third-order valence-electron chi connectivity index (χ3n) is 5.60. The Hall–Kier alpha value is -2.38. The van der Waals surface area contributed by atoms with Crippen molar-refractivity contribution in [3.63, 3.8) is 0 Å². The van der Waals surface area contributed by atoms with Crippen molar-refractivity contribution in [1.82, 2.24) is 14.7 Å². The van der Waals surface area contributed by atoms with Crippen LogP contribution in [0.1, 0.15) is 47.3 Å². The summed E-state index contributed by atoms with van der Waals surface area (Å²) in [5.41, 5.74) is -0.0701. The first-order chi connectivity index (χ1) is 14.2. The summed E-state index contributed by atoms with van der Waals surface area (Å²) in [6.45, 7) is 1.10. The van der Waals surface area contributed by atoms with E-state index in [0.29, 0.717) is 29.1 Å². The lowest BCUT2D eigenvalue weighted by Gasteiger charge is -2.43. The largest absolute Gasteiger partial charge is 0.452 e. The van der Waals surface area contributed by atoms with Crippen molar-refractivity contribution >= 4 is 40.9 Å². The lowest BCUT2D eigenvalue weighted by atomic mass is 9.74. The van der Waals surface area contributed by atoms with Gasteiger partial charge in [0.2, 0.25) is 0 Å². The van der Waals surface area contributed by atoms with Gasteiger partial charge in [-0.3, -0.25) is 14.3 Å². The summed E-state index contributed by atoms with van der Waals surface area (Å²) < 4.78 is 6.57. The molecular formula is C21H23Cl2N3O4. The highest BCUT2D eigenvalue weighted by Gasteiger charge is 2.48. The van der Waals surface area contributed by atoms with Gasteiger partial charge in [0.05, 0.1) is 5.69 Å². The number of carbonyl (C=O) groups is 3. The van der Waals surface area contributed by atoms with Crippen LogP contribution in [0.2, 0.25) is 10.2 Å². The van der Waals surface area contributed by atoms with Crippen LogP contribution < -0.4 is 0 Å². The Bertz CT molecular complexity index is 1000. The number of esters is 1. The average Bonchev–Trinajstić information content (AvgIpc) is 2.98. The van der Waals surface area contributed by atoms with Gasteiger partial charge in [-0.05, 0) is 32.3 Å². The van der Waals surface area contributed by atoms with E-state index in [0.717, 1.165) is 12.8 Å². The van der Waals surface area contributed by atoms with Crippen molar-refractivity contribution in [2.75, 3.05) is 13.7 Å². The van der Waals surface area contributed by atoms with Gasteiger partial charge >= 0.3 is 5.97 Å². The van der Waals surface area contributed by atoms with E-state index in [2.05, 4.69) is 5.10 Å². The van der Waals surface area contributed by atoms with Gasteiger partial charge < -0.3 is 9.64 Å². The highest BCUT2D eigenvalue weighted by molar-refractivity contribution is 6.33. The number of benzene rings is 1. The zero-order valence-corrected chi connectivity index (χ0v) is 18.6. The number of Topliss-reactive ketones (excluding diaryl/α,β-unsaturated/α-hetero) is 1. The van der Waals surface area contributed by atoms with Crippen LogP contribution in [0.3, 0.4) is 0 Å². The average molecular weight is 452 g/mol. The van der Waals surface area contributed by atoms with Crippen molar-refractivity contribution < 1.29 is 19.1 Å². The number of rotatable bonds is 5. The van der Waals surface area contributed by atoms with Gasteiger partial charge in [-0.15, -0.1) is 0 Å². The first kappa shape index (κ1) is 22.3. The Labute approximate surface area is 184 Å². The fourth-order valence-electron chi connectivity index (χ4n) is 4.00. The van der Waals surface area contributed by atoms with Crippen molar-refractivity contribution in [3.05, 3.63) is 51.3 Å². The second kappa shape index (κ2) is 8.78. The molecule has 1 aliphatic rings. The molecule has 1 aliphatic carbocycles. The molecule has 30 heavy (non-hydrogen) atoms. The van der Waals surface area contributed by atoms with E-state index in [1.807, 2.05) is 0 Å². The van der Waals surface area contributed by atoms with Gasteiger partial charge in [0, 0.05) is 31.1 Å². The summed E-state index contributed by atoms with van der Waals surface area (Å²) in [7, 11) is 3.15. The van der Waals surface area contributed by atoms with Gasteiger partial charge in [0.25, 0.3) is 5.91 Å². The summed E-state index contributed by atoms with van der Waals surface area (Å²) in [5.74, 6) is -1.32. The van der Waals surface area contributed by atoms with E-state index in [-0.39, 0.29) is 16.5 Å². The lowest BCUT2D eigenvalue weighted by molar-refractivity contribution is -0.150. The number of halogens is 2. The minimum Gasteiger partial charge on any atom is -0.452 e. The second-order valence-electron chi connectivity index (χ2n) is 7.37. The molecule has 1 saturated carbocycles. The molecule has 7 nitrogen and oxygen atoms in total. The number of aromatic nitrogens is 2. The molecule has 9 heteroatoms. The monoisotopic (exact) mass is 451 g/mol. The van der Waals surface area contributed by atoms with Crippen molar-refractivity contribution in [3.8, 4) is 0 Å². The number of ether oxygens (including phenoxy) is 1. The van der Waals surface area contributed by atoms with Crippen LogP contribution in [0, 0.1) is 6.92 Å². The minimum atomic E-state index is -1.18. The van der Waals surface area contributed by atoms with Gasteiger partial charge in [-0.25, -0.2) is 4.79 Å². The van der Waals surface area contributed by atoms with E-state index in [1.54, 1.807) is 45.3 Å². The summed E-state index contributed by atoms with van der Waals surface area (Å²) in [6, 6.07) is 7.03. The first-order valence-electron chi connectivity index (χ1n) is 9.61. The van der Waals surface area contributed by atoms with Crippen LogP contribution in [0.5, 0.6) is 0 Å². The Balaban J connectivity index is 1.84. The van der Waals surface area contributed by atoms with E-state index in [4.69, 9.17) is 27.9 Å². The van der Waals surface area contributed by atoms with Gasteiger partial charge in [-0.1, -0.05) is 41.4 Å². The number of likely N-dealkylation sites (N-methyl/N-ethyl adjacent to an activating group) is 1. The number of nitrogens with zero attached hydrogens (tertiary/aromatic N) is 3. The molecule has 1 aromatic heterocycles. The molecule has 0 N–H and O–H groups in total. The number of aryl methyl sites for hydroxylation is 2. The second-order valence-corrected chi connectivity index (χ2v) is 8.14. The SMILES string of the molecule is Cc1nn(C)c(Cl)c1C(=O)OCC(=O)N(C)C1(c2ccccc2Cl)CCCCC1=O. The normalized spacial score (nSPS) is 18.9. The predicted molar refractivity (Wildman–Crippen MR) is 113 cm³/mol. The van der Waals surface area contributed by atoms with Gasteiger partial charge in [-0.2, -0.15) is 5.10 Å². The lowest BCUT2D eigenvalue weighted by Crippen LogP contribution is -2.55. The molecule has 1 fully saturated rings. The number of hydrogen-bond donors (Lipinski definition) is 0. The van der Waals surface area contributed by atoms with Crippen molar-refractivity contribution in [1.29, 1.82) is 0 Å². The van der Waals surface area contributed by atoms with E-state index >= 15 is 0 Å². The summed E-state index contributed by atoms with van der Waals surface area (Å²) in [6.07, 6.45) is 2.35. The maximum atomic E-state index is 13.1. The standard InChI is InChI=1S/C21H23Cl2N3O4/c1-13-18(19(23)26(3)24-13)20(29)30-12-17(28)25(2)21(11-7-6-10-16(21)27)14-8-4-5-9-15(14)22/h4-5,8-9H,6-7,10-12H2,1-3H3. The van der Waals surface area contributed by atoms with Crippen LogP contribution in [-0.4, -0.2) is 46.0 Å². The fourth-order valence-corrected chi connectivity index (χ4v) is 4.54. The number of amides is 1. The smallest absolute Gasteiger partial charge is 0.343 e. The zero-order valence-electron chi connectivity index (χ0n) is 17.1. The van der Waals surface area contributed by atoms with E-state index in [1.165, 1.54) is 9.58 Å². The molecule has 0 spiro atoms. The zero-order chi connectivity index (χ0) is 22.1. The molecule has 2 aromatic rings. The molecule has 1 unspecified atom stereocenters. The summed E-state index contributed by atoms with van der Waals surface area (Å²) in [4.78, 5) is 39.9. The van der Waals surface area contributed by atoms with Crippen molar-refractivity contribution in [2.45, 2.75) is 38.1 Å². The predicted octanol–water partition coefficient (Wildman–Crippen LogP) is 3.69. The van der Waals surface area contributed by atoms with Crippen LogP contribution in [0.4, 0.5) is 0 Å². The van der Waals surface area contributed by atoms with Crippen LogP contribution in [0.25, 0.3) is 0 Å². The van der Waals surface area contributed by atoms with Crippen LogP contribution in [-0.2, 0) is 26.9 Å². The topological polar surface area (TPSA) is 81.5 Å². The summed E-state index contributed by atoms with van der Waals surface area (Å²) in [5, 5.41) is 4.62. The van der Waals surface area contributed by atoms with Crippen LogP contribution >= 0.6 is 23.2 Å². The Morgan fingerprint density at radius 3 is 2.57 bits per heavy atom. The quantitative estimate of drug-likeness (QED) is 0.647. The first-order valence-corrected chi connectivity index (χ1v) is 10.4. The third kappa shape index (κ3) is 3.84. The highest BCUT2D eigenvalue weighted by Crippen LogP contribution is 2.42. The molecule has 0 saturated heterocycles. The molecule has 1 aromatic carbocycles. The molecular weight excluding hydrogens is 429 g/mol. The maximum absolute atomic E-state index is 13.1.